The Morgan fingerprint density at radius 2 is 1.92 bits per heavy atom. The lowest BCUT2D eigenvalue weighted by Gasteiger charge is -2.26. The van der Waals surface area contributed by atoms with Crippen LogP contribution in [-0.2, 0) is 0 Å². The van der Waals surface area contributed by atoms with Crippen LogP contribution in [-0.4, -0.2) is 10.9 Å². The number of nitrogens with one attached hydrogen (secondary N) is 1. The molecule has 0 spiro atoms. The maximum atomic E-state index is 13.0. The molecule has 1 atom stereocenters. The second-order valence-electron chi connectivity index (χ2n) is 6.19. The molecule has 26 heavy (non-hydrogen) atoms. The summed E-state index contributed by atoms with van der Waals surface area (Å²) >= 11 is 0. The zero-order chi connectivity index (χ0) is 18.1. The summed E-state index contributed by atoms with van der Waals surface area (Å²) in [5.74, 6) is -0.0918. The van der Waals surface area contributed by atoms with E-state index in [2.05, 4.69) is 16.4 Å². The first-order valence-electron chi connectivity index (χ1n) is 8.29. The Morgan fingerprint density at radius 1 is 1.12 bits per heavy atom. The summed E-state index contributed by atoms with van der Waals surface area (Å²) in [5.41, 5.74) is 4.51. The highest BCUT2D eigenvalue weighted by atomic mass is 16.2. The second-order valence-corrected chi connectivity index (χ2v) is 6.19. The molecule has 3 aromatic rings. The molecule has 0 aliphatic carbocycles. The zero-order valence-electron chi connectivity index (χ0n) is 14.2. The lowest BCUT2D eigenvalue weighted by Crippen LogP contribution is -2.32. The van der Waals surface area contributed by atoms with Crippen LogP contribution in [0.5, 0.6) is 0 Å². The van der Waals surface area contributed by atoms with Crippen LogP contribution in [0.4, 0.5) is 11.4 Å². The molecule has 2 heterocycles. The molecule has 5 nitrogen and oxygen atoms in total. The van der Waals surface area contributed by atoms with Crippen LogP contribution in [0.2, 0.25) is 0 Å². The van der Waals surface area contributed by atoms with Gasteiger partial charge in [-0.2, -0.15) is 5.26 Å². The molecular formula is C21H16N4O. The highest BCUT2D eigenvalue weighted by molar-refractivity contribution is 6.11. The number of aromatic nitrogens is 1. The molecule has 5 heteroatoms. The van der Waals surface area contributed by atoms with Crippen molar-refractivity contribution >= 4 is 17.3 Å². The number of nitrogens with zero attached hydrogens (tertiary/aromatic N) is 3. The standard InChI is InChI=1S/C21H16N4O/c1-14-7-9-17(10-8-14)25-20(19-18(21(25)26)6-3-11-23-19)24-16-5-2-4-15(12-16)13-22/h2-12,20,24H,1H3. The Hall–Kier alpha value is -3.65. The predicted octanol–water partition coefficient (Wildman–Crippen LogP) is 4.03. The van der Waals surface area contributed by atoms with Crippen LogP contribution >= 0.6 is 0 Å². The number of benzene rings is 2. The third-order valence-corrected chi connectivity index (χ3v) is 4.41. The summed E-state index contributed by atoms with van der Waals surface area (Å²) in [6.45, 7) is 2.01. The summed E-state index contributed by atoms with van der Waals surface area (Å²) < 4.78 is 0. The van der Waals surface area contributed by atoms with Crippen molar-refractivity contribution in [2.45, 2.75) is 13.1 Å². The first kappa shape index (κ1) is 15.9. The van der Waals surface area contributed by atoms with Crippen molar-refractivity contribution in [1.29, 1.82) is 5.26 Å². The van der Waals surface area contributed by atoms with Gasteiger partial charge in [0.25, 0.3) is 5.91 Å². The first-order chi connectivity index (χ1) is 12.7. The molecule has 1 aromatic heterocycles. The number of pyridine rings is 1. The van der Waals surface area contributed by atoms with E-state index in [1.54, 1.807) is 35.4 Å². The van der Waals surface area contributed by atoms with Gasteiger partial charge in [-0.1, -0.05) is 23.8 Å². The van der Waals surface area contributed by atoms with E-state index in [1.165, 1.54) is 0 Å². The van der Waals surface area contributed by atoms with Gasteiger partial charge in [0.05, 0.1) is 22.9 Å². The number of fused-ring (bicyclic) bond motifs is 1. The normalized spacial score (nSPS) is 15.5. The van der Waals surface area contributed by atoms with Crippen molar-refractivity contribution in [1.82, 2.24) is 4.98 Å². The molecule has 4 rings (SSSR count). The minimum atomic E-state index is -0.435. The van der Waals surface area contributed by atoms with Crippen LogP contribution in [0.1, 0.15) is 33.3 Å². The topological polar surface area (TPSA) is 69.0 Å². The van der Waals surface area contributed by atoms with Gasteiger partial charge in [-0.3, -0.25) is 14.7 Å². The quantitative estimate of drug-likeness (QED) is 0.781. The molecule has 1 unspecified atom stereocenters. The largest absolute Gasteiger partial charge is 0.360 e. The predicted molar refractivity (Wildman–Crippen MR) is 99.7 cm³/mol. The highest BCUT2D eigenvalue weighted by Gasteiger charge is 2.38. The van der Waals surface area contributed by atoms with E-state index < -0.39 is 6.17 Å². The smallest absolute Gasteiger partial charge is 0.262 e. The van der Waals surface area contributed by atoms with Gasteiger partial charge in [-0.25, -0.2) is 0 Å². The van der Waals surface area contributed by atoms with Crippen molar-refractivity contribution in [2.24, 2.45) is 0 Å². The summed E-state index contributed by atoms with van der Waals surface area (Å²) in [7, 11) is 0. The second kappa shape index (κ2) is 6.34. The van der Waals surface area contributed by atoms with Crippen molar-refractivity contribution < 1.29 is 4.79 Å². The monoisotopic (exact) mass is 340 g/mol. The Balaban J connectivity index is 1.78. The summed E-state index contributed by atoms with van der Waals surface area (Å²) in [6.07, 6.45) is 1.25. The molecule has 1 aliphatic heterocycles. The fourth-order valence-corrected chi connectivity index (χ4v) is 3.13. The molecule has 0 saturated carbocycles. The molecule has 0 saturated heterocycles. The van der Waals surface area contributed by atoms with Crippen LogP contribution in [0.25, 0.3) is 0 Å². The Labute approximate surface area is 151 Å². The number of aryl methyl sites for hydroxylation is 1. The van der Waals surface area contributed by atoms with E-state index in [1.807, 2.05) is 43.3 Å². The van der Waals surface area contributed by atoms with Crippen LogP contribution in [0, 0.1) is 18.3 Å². The maximum absolute atomic E-state index is 13.0. The lowest BCUT2D eigenvalue weighted by atomic mass is 10.2. The third-order valence-electron chi connectivity index (χ3n) is 4.41. The zero-order valence-corrected chi connectivity index (χ0v) is 14.2. The summed E-state index contributed by atoms with van der Waals surface area (Å²) in [4.78, 5) is 19.1. The van der Waals surface area contributed by atoms with Gasteiger partial charge in [-0.05, 0) is 49.4 Å². The maximum Gasteiger partial charge on any atom is 0.262 e. The fourth-order valence-electron chi connectivity index (χ4n) is 3.13. The Kier molecular flexibility index (Phi) is 3.86. The minimum Gasteiger partial charge on any atom is -0.360 e. The molecule has 126 valence electrons. The molecule has 1 amide bonds. The van der Waals surface area contributed by atoms with Gasteiger partial charge >= 0.3 is 0 Å². The number of carbonyl (C=O) groups excluding carboxylic acids is 1. The average Bonchev–Trinajstić information content (AvgIpc) is 2.95. The number of rotatable bonds is 3. The van der Waals surface area contributed by atoms with Gasteiger partial charge in [0.15, 0.2) is 6.17 Å². The number of hydrogen-bond acceptors (Lipinski definition) is 4. The third kappa shape index (κ3) is 2.68. The molecular weight excluding hydrogens is 324 g/mol. The molecule has 0 radical (unpaired) electrons. The van der Waals surface area contributed by atoms with E-state index in [4.69, 9.17) is 5.26 Å². The number of amides is 1. The van der Waals surface area contributed by atoms with Crippen LogP contribution in [0.15, 0.2) is 66.9 Å². The molecule has 1 N–H and O–H groups in total. The average molecular weight is 340 g/mol. The van der Waals surface area contributed by atoms with Crippen molar-refractivity contribution in [3.05, 3.63) is 89.2 Å². The van der Waals surface area contributed by atoms with E-state index in [9.17, 15) is 4.79 Å². The summed E-state index contributed by atoms with van der Waals surface area (Å²) in [6, 6.07) is 20.7. The fraction of sp³-hybridized carbons (Fsp3) is 0.0952. The van der Waals surface area contributed by atoms with E-state index >= 15 is 0 Å². The van der Waals surface area contributed by atoms with Crippen molar-refractivity contribution in [3.8, 4) is 6.07 Å². The van der Waals surface area contributed by atoms with Gasteiger partial charge in [0.1, 0.15) is 0 Å². The first-order valence-corrected chi connectivity index (χ1v) is 8.29. The van der Waals surface area contributed by atoms with Crippen molar-refractivity contribution in [2.75, 3.05) is 10.2 Å². The summed E-state index contributed by atoms with van der Waals surface area (Å²) in [5, 5.41) is 12.5. The number of nitriles is 1. The number of anilines is 2. The molecule has 2 aromatic carbocycles. The molecule has 0 bridgehead atoms. The lowest BCUT2D eigenvalue weighted by molar-refractivity contribution is 0.0993. The highest BCUT2D eigenvalue weighted by Crippen LogP contribution is 2.36. The minimum absolute atomic E-state index is 0.0918. The van der Waals surface area contributed by atoms with Crippen LogP contribution in [0.3, 0.4) is 0 Å². The SMILES string of the molecule is Cc1ccc(N2C(=O)c3cccnc3C2Nc2cccc(C#N)c2)cc1. The number of carbonyl (C=O) groups is 1. The van der Waals surface area contributed by atoms with Crippen molar-refractivity contribution in [3.63, 3.8) is 0 Å². The van der Waals surface area contributed by atoms with E-state index in [0.717, 1.165) is 16.9 Å². The van der Waals surface area contributed by atoms with Gasteiger partial charge in [-0.15, -0.1) is 0 Å². The Bertz CT molecular complexity index is 1020. The molecule has 0 fully saturated rings. The van der Waals surface area contributed by atoms with Gasteiger partial charge in [0.2, 0.25) is 0 Å². The van der Waals surface area contributed by atoms with E-state index in [-0.39, 0.29) is 5.91 Å². The molecule has 1 aliphatic rings. The Morgan fingerprint density at radius 3 is 2.69 bits per heavy atom. The number of hydrogen-bond donors (Lipinski definition) is 1. The van der Waals surface area contributed by atoms with Crippen LogP contribution < -0.4 is 10.2 Å². The van der Waals surface area contributed by atoms with Gasteiger partial charge in [0, 0.05) is 17.6 Å². The van der Waals surface area contributed by atoms with Gasteiger partial charge < -0.3 is 5.32 Å². The van der Waals surface area contributed by atoms with E-state index in [0.29, 0.717) is 16.8 Å².